The van der Waals surface area contributed by atoms with E-state index in [9.17, 15) is 4.79 Å². The van der Waals surface area contributed by atoms with Gasteiger partial charge in [0.15, 0.2) is 5.78 Å². The number of pyridine rings is 1. The largest absolute Gasteiger partial charge is 0.293 e. The predicted octanol–water partition coefficient (Wildman–Crippen LogP) is 4.03. The van der Waals surface area contributed by atoms with Gasteiger partial charge in [0.1, 0.15) is 0 Å². The van der Waals surface area contributed by atoms with Crippen molar-refractivity contribution in [3.05, 3.63) is 64.0 Å². The molecular weight excluding hydrogens is 254 g/mol. The quantitative estimate of drug-likeness (QED) is 0.671. The number of fused-ring (bicyclic) bond motifs is 1. The number of Topliss-reactive ketones (excluding diaryl/α,β-unsaturated/α-hetero) is 1. The van der Waals surface area contributed by atoms with Gasteiger partial charge in [-0.2, -0.15) is 0 Å². The van der Waals surface area contributed by atoms with Crippen LogP contribution in [0.1, 0.15) is 20.1 Å². The van der Waals surface area contributed by atoms with Gasteiger partial charge in [-0.1, -0.05) is 24.3 Å². The number of ketones is 1. The van der Waals surface area contributed by atoms with E-state index >= 15 is 0 Å². The van der Waals surface area contributed by atoms with E-state index < -0.39 is 0 Å². The van der Waals surface area contributed by atoms with E-state index in [1.807, 2.05) is 49.4 Å². The molecule has 0 radical (unpaired) electrons. The van der Waals surface area contributed by atoms with Crippen LogP contribution in [0.4, 0.5) is 0 Å². The lowest BCUT2D eigenvalue weighted by atomic mass is 10.0. The second-order valence-corrected chi connectivity index (χ2v) is 5.79. The Hall–Kier alpha value is -2.00. The monoisotopic (exact) mass is 267 g/mol. The fourth-order valence-electron chi connectivity index (χ4n) is 2.15. The summed E-state index contributed by atoms with van der Waals surface area (Å²) in [6.07, 6.45) is 2.18. The molecule has 1 aromatic carbocycles. The zero-order valence-corrected chi connectivity index (χ0v) is 11.4. The minimum absolute atomic E-state index is 0.163. The van der Waals surface area contributed by atoms with Crippen LogP contribution in [0.25, 0.3) is 10.9 Å². The van der Waals surface area contributed by atoms with Crippen LogP contribution in [-0.2, 0) is 6.42 Å². The molecule has 3 aromatic rings. The molecule has 0 amide bonds. The van der Waals surface area contributed by atoms with E-state index in [1.165, 1.54) is 4.88 Å². The molecule has 0 aliphatic carbocycles. The minimum atomic E-state index is 0.163. The Morgan fingerprint density at radius 1 is 1.16 bits per heavy atom. The number of para-hydroxylation sites is 1. The maximum Gasteiger partial charge on any atom is 0.177 e. The van der Waals surface area contributed by atoms with E-state index in [-0.39, 0.29) is 5.78 Å². The van der Waals surface area contributed by atoms with Gasteiger partial charge >= 0.3 is 0 Å². The maximum atomic E-state index is 12.3. The molecule has 3 heteroatoms. The number of rotatable bonds is 3. The lowest BCUT2D eigenvalue weighted by molar-refractivity contribution is 0.0997. The van der Waals surface area contributed by atoms with E-state index in [2.05, 4.69) is 4.98 Å². The van der Waals surface area contributed by atoms with Crippen LogP contribution < -0.4 is 0 Å². The first-order chi connectivity index (χ1) is 9.24. The highest BCUT2D eigenvalue weighted by Crippen LogP contribution is 2.21. The number of aromatic nitrogens is 1. The number of hydrogen-bond acceptors (Lipinski definition) is 3. The van der Waals surface area contributed by atoms with Gasteiger partial charge in [-0.25, -0.2) is 0 Å². The Labute approximate surface area is 115 Å². The molecule has 0 saturated heterocycles. The van der Waals surface area contributed by atoms with Gasteiger partial charge in [0.05, 0.1) is 10.4 Å². The molecule has 0 atom stereocenters. The fraction of sp³-hybridized carbons (Fsp3) is 0.125. The molecule has 0 N–H and O–H groups in total. The van der Waals surface area contributed by atoms with Crippen molar-refractivity contribution in [1.29, 1.82) is 0 Å². The number of aryl methyl sites for hydroxylation is 1. The maximum absolute atomic E-state index is 12.3. The highest BCUT2D eigenvalue weighted by atomic mass is 32.1. The Balaban J connectivity index is 1.95. The lowest BCUT2D eigenvalue weighted by Gasteiger charge is -2.04. The average Bonchev–Trinajstić information content (AvgIpc) is 2.86. The molecule has 2 heterocycles. The predicted molar refractivity (Wildman–Crippen MR) is 78.8 cm³/mol. The van der Waals surface area contributed by atoms with Crippen LogP contribution in [0.2, 0.25) is 0 Å². The zero-order valence-electron chi connectivity index (χ0n) is 10.6. The Morgan fingerprint density at radius 3 is 2.79 bits per heavy atom. The van der Waals surface area contributed by atoms with Crippen molar-refractivity contribution in [3.63, 3.8) is 0 Å². The van der Waals surface area contributed by atoms with E-state index in [0.717, 1.165) is 21.3 Å². The number of nitrogens with zero attached hydrogens (tertiary/aromatic N) is 1. The van der Waals surface area contributed by atoms with Crippen LogP contribution >= 0.6 is 11.3 Å². The van der Waals surface area contributed by atoms with Crippen LogP contribution in [-0.4, -0.2) is 10.8 Å². The first-order valence-corrected chi connectivity index (χ1v) is 6.98. The summed E-state index contributed by atoms with van der Waals surface area (Å²) in [5.74, 6) is 0.163. The topological polar surface area (TPSA) is 30.0 Å². The third kappa shape index (κ3) is 2.42. The van der Waals surface area contributed by atoms with Gasteiger partial charge in [-0.3, -0.25) is 9.78 Å². The number of carbonyl (C=O) groups excluding carboxylic acids is 1. The smallest absolute Gasteiger partial charge is 0.177 e. The van der Waals surface area contributed by atoms with Gasteiger partial charge in [-0.15, -0.1) is 11.3 Å². The Morgan fingerprint density at radius 2 is 2.00 bits per heavy atom. The molecule has 3 rings (SSSR count). The van der Waals surface area contributed by atoms with E-state index in [4.69, 9.17) is 0 Å². The molecule has 0 aliphatic rings. The summed E-state index contributed by atoms with van der Waals surface area (Å²) in [5, 5.41) is 1.08. The SMILES string of the molecule is Cc1ccc(C(=O)Cc2cccc3cccnc23)s1. The van der Waals surface area contributed by atoms with Crippen molar-refractivity contribution in [2.75, 3.05) is 0 Å². The van der Waals surface area contributed by atoms with Crippen LogP contribution in [0.3, 0.4) is 0 Å². The van der Waals surface area contributed by atoms with Crippen LogP contribution in [0, 0.1) is 6.92 Å². The first-order valence-electron chi connectivity index (χ1n) is 6.16. The third-order valence-corrected chi connectivity index (χ3v) is 4.12. The fourth-order valence-corrected chi connectivity index (χ4v) is 2.96. The second-order valence-electron chi connectivity index (χ2n) is 4.50. The number of thiophene rings is 1. The summed E-state index contributed by atoms with van der Waals surface area (Å²) in [6, 6.07) is 13.8. The Bertz CT molecular complexity index is 740. The van der Waals surface area contributed by atoms with Gasteiger partial charge in [-0.05, 0) is 30.7 Å². The van der Waals surface area contributed by atoms with Gasteiger partial charge in [0.25, 0.3) is 0 Å². The first kappa shape index (κ1) is 12.1. The molecule has 0 aliphatic heterocycles. The molecule has 2 aromatic heterocycles. The highest BCUT2D eigenvalue weighted by Gasteiger charge is 2.11. The number of hydrogen-bond donors (Lipinski definition) is 0. The average molecular weight is 267 g/mol. The van der Waals surface area contributed by atoms with Gasteiger partial charge in [0, 0.05) is 22.9 Å². The highest BCUT2D eigenvalue weighted by molar-refractivity contribution is 7.14. The number of carbonyl (C=O) groups is 1. The lowest BCUT2D eigenvalue weighted by Crippen LogP contribution is -2.02. The van der Waals surface area contributed by atoms with Crippen molar-refractivity contribution in [1.82, 2.24) is 4.98 Å². The molecule has 0 unspecified atom stereocenters. The Kier molecular flexibility index (Phi) is 3.13. The molecule has 2 nitrogen and oxygen atoms in total. The van der Waals surface area contributed by atoms with Crippen molar-refractivity contribution < 1.29 is 4.79 Å². The summed E-state index contributed by atoms with van der Waals surface area (Å²) in [7, 11) is 0. The molecular formula is C16H13NOS. The summed E-state index contributed by atoms with van der Waals surface area (Å²) in [4.78, 5) is 18.6. The molecule has 94 valence electrons. The summed E-state index contributed by atoms with van der Waals surface area (Å²) < 4.78 is 0. The molecule has 19 heavy (non-hydrogen) atoms. The minimum Gasteiger partial charge on any atom is -0.293 e. The van der Waals surface area contributed by atoms with Crippen LogP contribution in [0.5, 0.6) is 0 Å². The molecule has 0 saturated carbocycles. The van der Waals surface area contributed by atoms with Crippen molar-refractivity contribution in [3.8, 4) is 0 Å². The van der Waals surface area contributed by atoms with E-state index in [1.54, 1.807) is 17.5 Å². The second kappa shape index (κ2) is 4.94. The molecule has 0 bridgehead atoms. The van der Waals surface area contributed by atoms with Crippen molar-refractivity contribution >= 4 is 28.0 Å². The summed E-state index contributed by atoms with van der Waals surface area (Å²) >= 11 is 1.55. The summed E-state index contributed by atoms with van der Waals surface area (Å²) in [6.45, 7) is 2.01. The van der Waals surface area contributed by atoms with Crippen LogP contribution in [0.15, 0.2) is 48.7 Å². The van der Waals surface area contributed by atoms with E-state index in [0.29, 0.717) is 6.42 Å². The zero-order chi connectivity index (χ0) is 13.2. The number of benzene rings is 1. The van der Waals surface area contributed by atoms with Gasteiger partial charge in [0.2, 0.25) is 0 Å². The summed E-state index contributed by atoms with van der Waals surface area (Å²) in [5.41, 5.74) is 1.92. The van der Waals surface area contributed by atoms with Crippen molar-refractivity contribution in [2.24, 2.45) is 0 Å². The third-order valence-electron chi connectivity index (χ3n) is 3.08. The standard InChI is InChI=1S/C16H13NOS/c1-11-7-8-15(19-11)14(18)10-13-5-2-4-12-6-3-9-17-16(12)13/h2-9H,10H2,1H3. The van der Waals surface area contributed by atoms with Gasteiger partial charge < -0.3 is 0 Å². The normalized spacial score (nSPS) is 10.8. The molecule has 0 fully saturated rings. The molecule has 0 spiro atoms. The van der Waals surface area contributed by atoms with Crippen molar-refractivity contribution in [2.45, 2.75) is 13.3 Å².